The summed E-state index contributed by atoms with van der Waals surface area (Å²) < 4.78 is 23.7. The van der Waals surface area contributed by atoms with Gasteiger partial charge in [0.25, 0.3) is 0 Å². The summed E-state index contributed by atoms with van der Waals surface area (Å²) >= 11 is 0. The van der Waals surface area contributed by atoms with E-state index in [1.165, 1.54) is 6.92 Å². The summed E-state index contributed by atoms with van der Waals surface area (Å²) in [4.78, 5) is 0. The maximum Gasteiger partial charge on any atom is 0.230 e. The minimum atomic E-state index is -3.47. The lowest BCUT2D eigenvalue weighted by molar-refractivity contribution is 0.0545. The number of nitriles is 1. The molecule has 6 heteroatoms. The molecule has 0 aliphatic carbocycles. The Kier molecular flexibility index (Phi) is 2.37. The van der Waals surface area contributed by atoms with Crippen LogP contribution in [0.15, 0.2) is 0 Å². The molecule has 5 nitrogen and oxygen atoms in total. The van der Waals surface area contributed by atoms with Gasteiger partial charge in [-0.2, -0.15) is 9.57 Å². The van der Waals surface area contributed by atoms with Crippen LogP contribution in [0.25, 0.3) is 0 Å². The van der Waals surface area contributed by atoms with Crippen molar-refractivity contribution in [1.29, 1.82) is 5.26 Å². The lowest BCUT2D eigenvalue weighted by Gasteiger charge is -2.35. The molecule has 1 saturated heterocycles. The van der Waals surface area contributed by atoms with Crippen molar-refractivity contribution in [3.63, 3.8) is 0 Å². The van der Waals surface area contributed by atoms with Gasteiger partial charge in [0.1, 0.15) is 0 Å². The third-order valence-electron chi connectivity index (χ3n) is 1.82. The van der Waals surface area contributed by atoms with Gasteiger partial charge in [0.2, 0.25) is 10.0 Å². The summed E-state index contributed by atoms with van der Waals surface area (Å²) in [6.45, 7) is 1.57. The molecule has 0 bridgehead atoms. The number of aliphatic hydroxyl groups is 1. The van der Waals surface area contributed by atoms with E-state index < -0.39 is 21.4 Å². The first-order valence-electron chi connectivity index (χ1n) is 3.55. The first-order chi connectivity index (χ1) is 5.48. The van der Waals surface area contributed by atoms with Crippen molar-refractivity contribution in [3.05, 3.63) is 0 Å². The molecular formula is C6H10N2O3S. The summed E-state index contributed by atoms with van der Waals surface area (Å²) in [5, 5.41) is 16.2. The van der Waals surface area contributed by atoms with Crippen LogP contribution in [0.3, 0.4) is 0 Å². The second-order valence-electron chi connectivity index (χ2n) is 2.79. The molecule has 0 aromatic heterocycles. The molecule has 68 valence electrons. The zero-order chi connectivity index (χ0) is 9.35. The van der Waals surface area contributed by atoms with Crippen molar-refractivity contribution in [2.24, 2.45) is 0 Å². The van der Waals surface area contributed by atoms with Gasteiger partial charge in [0.05, 0.1) is 12.2 Å². The van der Waals surface area contributed by atoms with Crippen LogP contribution in [0.4, 0.5) is 0 Å². The van der Waals surface area contributed by atoms with Crippen LogP contribution in [-0.4, -0.2) is 42.3 Å². The van der Waals surface area contributed by atoms with Gasteiger partial charge >= 0.3 is 0 Å². The number of nitrogens with zero attached hydrogens (tertiary/aromatic N) is 2. The number of rotatable bonds is 2. The van der Waals surface area contributed by atoms with Crippen molar-refractivity contribution in [1.82, 2.24) is 4.31 Å². The summed E-state index contributed by atoms with van der Waals surface area (Å²) in [7, 11) is -3.47. The topological polar surface area (TPSA) is 81.4 Å². The Balaban J connectivity index is 2.69. The Morgan fingerprint density at radius 3 is 2.50 bits per heavy atom. The highest BCUT2D eigenvalue weighted by atomic mass is 32.2. The Morgan fingerprint density at radius 1 is 1.67 bits per heavy atom. The van der Waals surface area contributed by atoms with Gasteiger partial charge in [-0.25, -0.2) is 8.42 Å². The third kappa shape index (κ3) is 1.43. The zero-order valence-electron chi connectivity index (χ0n) is 6.64. The smallest absolute Gasteiger partial charge is 0.230 e. The minimum Gasteiger partial charge on any atom is -0.390 e. The highest BCUT2D eigenvalue weighted by Gasteiger charge is 2.37. The molecular weight excluding hydrogens is 180 g/mol. The standard InChI is InChI=1S/C6H10N2O3S/c1-5(2-7)12(10,11)8-3-6(9)4-8/h5-6,9H,3-4H2,1H3. The highest BCUT2D eigenvalue weighted by Crippen LogP contribution is 2.16. The molecule has 0 saturated carbocycles. The largest absolute Gasteiger partial charge is 0.390 e. The number of sulfonamides is 1. The van der Waals surface area contributed by atoms with Gasteiger partial charge in [-0.15, -0.1) is 0 Å². The normalized spacial score (nSPS) is 22.8. The fraction of sp³-hybridized carbons (Fsp3) is 0.833. The monoisotopic (exact) mass is 190 g/mol. The van der Waals surface area contributed by atoms with E-state index in [0.29, 0.717) is 0 Å². The molecule has 0 amide bonds. The quantitative estimate of drug-likeness (QED) is 0.599. The molecule has 1 atom stereocenters. The SMILES string of the molecule is CC(C#N)S(=O)(=O)N1CC(O)C1. The van der Waals surface area contributed by atoms with Gasteiger partial charge in [-0.05, 0) is 6.92 Å². The molecule has 12 heavy (non-hydrogen) atoms. The van der Waals surface area contributed by atoms with Crippen molar-refractivity contribution < 1.29 is 13.5 Å². The number of aliphatic hydroxyl groups excluding tert-OH is 1. The van der Waals surface area contributed by atoms with E-state index in [-0.39, 0.29) is 13.1 Å². The van der Waals surface area contributed by atoms with E-state index in [1.54, 1.807) is 6.07 Å². The molecule has 1 aliphatic rings. The summed E-state index contributed by atoms with van der Waals surface area (Å²) in [6.07, 6.45) is -0.564. The average Bonchev–Trinajstić information content (AvgIpc) is 1.96. The van der Waals surface area contributed by atoms with Crippen molar-refractivity contribution in [2.75, 3.05) is 13.1 Å². The molecule has 0 aromatic carbocycles. The van der Waals surface area contributed by atoms with Crippen molar-refractivity contribution in [2.45, 2.75) is 18.3 Å². The molecule has 1 aliphatic heterocycles. The van der Waals surface area contributed by atoms with Crippen molar-refractivity contribution in [3.8, 4) is 6.07 Å². The Morgan fingerprint density at radius 2 is 2.17 bits per heavy atom. The van der Waals surface area contributed by atoms with Crippen LogP contribution in [0, 0.1) is 11.3 Å². The lowest BCUT2D eigenvalue weighted by Crippen LogP contribution is -2.55. The lowest BCUT2D eigenvalue weighted by atomic mass is 10.2. The fourth-order valence-corrected chi connectivity index (χ4v) is 2.25. The van der Waals surface area contributed by atoms with Crippen LogP contribution in [0.2, 0.25) is 0 Å². The predicted octanol–water partition coefficient (Wildman–Crippen LogP) is -1.10. The Bertz CT molecular complexity index is 299. The van der Waals surface area contributed by atoms with Crippen LogP contribution < -0.4 is 0 Å². The van der Waals surface area contributed by atoms with Gasteiger partial charge in [0, 0.05) is 13.1 Å². The number of hydrogen-bond acceptors (Lipinski definition) is 4. The summed E-state index contributed by atoms with van der Waals surface area (Å²) in [5.74, 6) is 0. The predicted molar refractivity (Wildman–Crippen MR) is 41.6 cm³/mol. The minimum absolute atomic E-state index is 0.119. The van der Waals surface area contributed by atoms with Gasteiger partial charge in [-0.1, -0.05) is 0 Å². The number of β-amino-alcohol motifs (C(OH)–C–C–N with tert-alkyl or cyclic N) is 1. The van der Waals surface area contributed by atoms with Crippen molar-refractivity contribution >= 4 is 10.0 Å². The summed E-state index contributed by atoms with van der Waals surface area (Å²) in [5.41, 5.74) is 0. The number of hydrogen-bond donors (Lipinski definition) is 1. The second kappa shape index (κ2) is 3.01. The molecule has 1 fully saturated rings. The van der Waals surface area contributed by atoms with E-state index >= 15 is 0 Å². The van der Waals surface area contributed by atoms with E-state index in [1.807, 2.05) is 0 Å². The van der Waals surface area contributed by atoms with Crippen LogP contribution in [-0.2, 0) is 10.0 Å². The highest BCUT2D eigenvalue weighted by molar-refractivity contribution is 7.90. The van der Waals surface area contributed by atoms with Crippen LogP contribution in [0.1, 0.15) is 6.92 Å². The Hall–Kier alpha value is -0.640. The molecule has 1 unspecified atom stereocenters. The maximum absolute atomic E-state index is 11.3. The van der Waals surface area contributed by atoms with E-state index in [4.69, 9.17) is 10.4 Å². The fourth-order valence-electron chi connectivity index (χ4n) is 0.915. The molecule has 1 rings (SSSR count). The first kappa shape index (κ1) is 9.45. The van der Waals surface area contributed by atoms with Gasteiger partial charge in [0.15, 0.2) is 5.25 Å². The summed E-state index contributed by atoms with van der Waals surface area (Å²) in [6, 6.07) is 1.66. The maximum atomic E-state index is 11.3. The molecule has 0 aromatic rings. The van der Waals surface area contributed by atoms with E-state index in [9.17, 15) is 8.42 Å². The van der Waals surface area contributed by atoms with Crippen LogP contribution in [0.5, 0.6) is 0 Å². The van der Waals surface area contributed by atoms with Crippen LogP contribution >= 0.6 is 0 Å². The first-order valence-corrected chi connectivity index (χ1v) is 5.05. The molecule has 1 N–H and O–H groups in total. The third-order valence-corrected chi connectivity index (χ3v) is 3.83. The van der Waals surface area contributed by atoms with Gasteiger partial charge < -0.3 is 5.11 Å². The van der Waals surface area contributed by atoms with E-state index in [2.05, 4.69) is 0 Å². The second-order valence-corrected chi connectivity index (χ2v) is 5.04. The molecule has 0 spiro atoms. The molecule has 1 heterocycles. The van der Waals surface area contributed by atoms with Gasteiger partial charge in [-0.3, -0.25) is 0 Å². The Labute approximate surface area is 71.3 Å². The van der Waals surface area contributed by atoms with E-state index in [0.717, 1.165) is 4.31 Å². The molecule has 0 radical (unpaired) electrons. The average molecular weight is 190 g/mol. The zero-order valence-corrected chi connectivity index (χ0v) is 7.45.